The number of terminal acetylenes is 2. The molecule has 182 valence electrons. The van der Waals surface area contributed by atoms with Crippen molar-refractivity contribution in [1.29, 1.82) is 0 Å². The summed E-state index contributed by atoms with van der Waals surface area (Å²) in [4.78, 5) is 0. The molecule has 0 aliphatic rings. The van der Waals surface area contributed by atoms with E-state index < -0.39 is 16.2 Å². The molecule has 0 amide bonds. The van der Waals surface area contributed by atoms with E-state index in [9.17, 15) is 8.42 Å². The second kappa shape index (κ2) is 26.1. The van der Waals surface area contributed by atoms with E-state index in [1.54, 1.807) is 0 Å². The molecule has 42 heavy (non-hydrogen) atoms. The summed E-state index contributed by atoms with van der Waals surface area (Å²) in [7, 11) is -3.85. The van der Waals surface area contributed by atoms with Crippen LogP contribution in [0.15, 0.2) is 0 Å². The topological polar surface area (TPSA) is 43.4 Å². The van der Waals surface area contributed by atoms with Gasteiger partial charge in [-0.2, -0.15) is 8.42 Å². The standard InChI is InChI=1S/C38H6O3S/c1-4-6-8-10-12-14-16-18-20-22-24-26-28-30-32-34-36-38(41-42(3,39)40)37-35-33-31-29-27-25-23-21-19-17-15-13-11-9-7-5-2/h1-2,38H,3H3. The van der Waals surface area contributed by atoms with Crippen molar-refractivity contribution in [2.45, 2.75) is 6.10 Å². The zero-order valence-corrected chi connectivity index (χ0v) is 22.2. The van der Waals surface area contributed by atoms with Crippen LogP contribution in [-0.2, 0) is 14.3 Å². The quantitative estimate of drug-likeness (QED) is 0.354. The summed E-state index contributed by atoms with van der Waals surface area (Å²) in [6.07, 6.45) is 9.41. The fraction of sp³-hybridized carbons (Fsp3) is 0.0526. The molecule has 0 aromatic rings. The van der Waals surface area contributed by atoms with Gasteiger partial charge in [-0.3, -0.25) is 0 Å². The Balaban J connectivity index is 5.14. The van der Waals surface area contributed by atoms with Crippen LogP contribution in [-0.4, -0.2) is 20.8 Å². The molecule has 0 N–H and O–H groups in total. The maximum Gasteiger partial charge on any atom is 0.266 e. The van der Waals surface area contributed by atoms with Gasteiger partial charge in [0.15, 0.2) is 6.10 Å². The SMILES string of the molecule is C#CC#CC#CC#CC#CC#CC#CC#CC#CC(C#CC#CC#CC#CC#CC#CC#CC#CC#C)OS(C)(=O)=O. The lowest BCUT2D eigenvalue weighted by Gasteiger charge is -2.00. The van der Waals surface area contributed by atoms with E-state index in [1.165, 1.54) is 0 Å². The van der Waals surface area contributed by atoms with Crippen molar-refractivity contribution in [3.8, 4) is 214 Å². The van der Waals surface area contributed by atoms with Gasteiger partial charge in [0.25, 0.3) is 10.1 Å². The summed E-state index contributed by atoms with van der Waals surface area (Å²) >= 11 is 0. The smallest absolute Gasteiger partial charge is 0.240 e. The molecule has 4 heteroatoms. The Hall–Kier alpha value is -8.01. The molecule has 0 aromatic heterocycles. The van der Waals surface area contributed by atoms with E-state index in [0.717, 1.165) is 6.26 Å². The molecular formula is C38H6O3S. The third kappa shape index (κ3) is 28.2. The van der Waals surface area contributed by atoms with Crippen LogP contribution >= 0.6 is 0 Å². The summed E-state index contributed by atoms with van der Waals surface area (Å²) in [6.45, 7) is 0. The molecule has 0 aromatic carbocycles. The van der Waals surface area contributed by atoms with Crippen molar-refractivity contribution in [3.05, 3.63) is 0 Å². The molecule has 0 saturated heterocycles. The minimum Gasteiger partial charge on any atom is -0.240 e. The van der Waals surface area contributed by atoms with Crippen LogP contribution in [0.3, 0.4) is 0 Å². The molecule has 0 rings (SSSR count). The second-order valence-corrected chi connectivity index (χ2v) is 7.11. The molecule has 0 radical (unpaired) electrons. The summed E-state index contributed by atoms with van der Waals surface area (Å²) in [5.74, 6) is 81.6. The van der Waals surface area contributed by atoms with Crippen LogP contribution < -0.4 is 0 Å². The van der Waals surface area contributed by atoms with Gasteiger partial charge in [-0.05, 0) is 201 Å². The van der Waals surface area contributed by atoms with Gasteiger partial charge in [0, 0.05) is 0 Å². The fourth-order valence-electron chi connectivity index (χ4n) is 1.35. The van der Waals surface area contributed by atoms with Crippen molar-refractivity contribution in [3.63, 3.8) is 0 Å². The van der Waals surface area contributed by atoms with E-state index in [2.05, 4.69) is 201 Å². The Morgan fingerprint density at radius 2 is 0.571 bits per heavy atom. The Morgan fingerprint density at radius 3 is 0.762 bits per heavy atom. The van der Waals surface area contributed by atoms with Crippen LogP contribution in [0.1, 0.15) is 0 Å². The van der Waals surface area contributed by atoms with E-state index >= 15 is 0 Å². The zero-order valence-electron chi connectivity index (χ0n) is 21.4. The highest BCUT2D eigenvalue weighted by Crippen LogP contribution is 1.95. The van der Waals surface area contributed by atoms with Crippen molar-refractivity contribution in [2.75, 3.05) is 6.26 Å². The third-order valence-corrected chi connectivity index (χ3v) is 3.11. The molecule has 0 saturated carbocycles. The molecule has 0 atom stereocenters. The molecule has 0 aliphatic carbocycles. The van der Waals surface area contributed by atoms with Crippen molar-refractivity contribution >= 4 is 10.1 Å². The number of rotatable bonds is 2. The highest BCUT2D eigenvalue weighted by Gasteiger charge is 2.09. The van der Waals surface area contributed by atoms with Gasteiger partial charge in [0.1, 0.15) is 0 Å². The molecule has 0 spiro atoms. The third-order valence-electron chi connectivity index (χ3n) is 2.57. The molecule has 0 heterocycles. The van der Waals surface area contributed by atoms with Crippen LogP contribution in [0.4, 0.5) is 0 Å². The van der Waals surface area contributed by atoms with Gasteiger partial charge in [0.2, 0.25) is 0 Å². The second-order valence-electron chi connectivity index (χ2n) is 5.51. The largest absolute Gasteiger partial charge is 0.266 e. The van der Waals surface area contributed by atoms with Gasteiger partial charge in [-0.15, -0.1) is 12.8 Å². The Morgan fingerprint density at radius 1 is 0.381 bits per heavy atom. The maximum atomic E-state index is 11.4. The molecule has 0 aliphatic heterocycles. The lowest BCUT2D eigenvalue weighted by molar-refractivity contribution is 0.318. The molecule has 0 bridgehead atoms. The zero-order chi connectivity index (χ0) is 30.8. The van der Waals surface area contributed by atoms with Gasteiger partial charge in [-0.1, -0.05) is 0 Å². The van der Waals surface area contributed by atoms with Crippen LogP contribution in [0.5, 0.6) is 0 Å². The molecule has 0 unspecified atom stereocenters. The van der Waals surface area contributed by atoms with Crippen molar-refractivity contribution in [1.82, 2.24) is 0 Å². The van der Waals surface area contributed by atoms with Gasteiger partial charge in [-0.25, -0.2) is 4.18 Å². The van der Waals surface area contributed by atoms with Gasteiger partial charge >= 0.3 is 0 Å². The van der Waals surface area contributed by atoms with Crippen molar-refractivity contribution < 1.29 is 12.6 Å². The first-order valence-corrected chi connectivity index (χ1v) is 12.1. The lowest BCUT2D eigenvalue weighted by atomic mass is 10.3. The fourth-order valence-corrected chi connectivity index (χ4v) is 1.79. The van der Waals surface area contributed by atoms with Crippen LogP contribution in [0.2, 0.25) is 0 Å². The Labute approximate surface area is 248 Å². The highest BCUT2D eigenvalue weighted by molar-refractivity contribution is 7.86. The molecule has 0 fully saturated rings. The minimum atomic E-state index is -3.85. The van der Waals surface area contributed by atoms with Gasteiger partial charge in [0.05, 0.1) is 6.26 Å². The summed E-state index contributed by atoms with van der Waals surface area (Å²) < 4.78 is 27.6. The summed E-state index contributed by atoms with van der Waals surface area (Å²) in [6, 6.07) is 0. The van der Waals surface area contributed by atoms with E-state index in [-0.39, 0.29) is 0 Å². The number of hydrogen-bond donors (Lipinski definition) is 0. The average Bonchev–Trinajstić information content (AvgIpc) is 2.95. The first-order chi connectivity index (χ1) is 20.5. The Bertz CT molecular complexity index is 2200. The average molecular weight is 543 g/mol. The first-order valence-electron chi connectivity index (χ1n) is 10.3. The van der Waals surface area contributed by atoms with Crippen LogP contribution in [0.25, 0.3) is 0 Å². The Kier molecular flexibility index (Phi) is 21.1. The molecular weight excluding hydrogens is 536 g/mol. The van der Waals surface area contributed by atoms with E-state index in [4.69, 9.17) is 17.0 Å². The van der Waals surface area contributed by atoms with Crippen molar-refractivity contribution in [2.24, 2.45) is 0 Å². The molecule has 3 nitrogen and oxygen atoms in total. The minimum absolute atomic E-state index is 0.852. The predicted octanol–water partition coefficient (Wildman–Crippen LogP) is -0.348. The summed E-state index contributed by atoms with van der Waals surface area (Å²) in [5, 5.41) is 0. The van der Waals surface area contributed by atoms with E-state index in [1.807, 2.05) is 0 Å². The monoisotopic (exact) mass is 542 g/mol. The number of hydrogen-bond acceptors (Lipinski definition) is 3. The predicted molar refractivity (Wildman–Crippen MR) is 162 cm³/mol. The summed E-state index contributed by atoms with van der Waals surface area (Å²) in [5.41, 5.74) is 0. The normalized spacial score (nSPS) is 5.52. The maximum absolute atomic E-state index is 11.4. The van der Waals surface area contributed by atoms with Gasteiger partial charge < -0.3 is 0 Å². The highest BCUT2D eigenvalue weighted by atomic mass is 32.2. The lowest BCUT2D eigenvalue weighted by Crippen LogP contribution is -2.13. The van der Waals surface area contributed by atoms with E-state index in [0.29, 0.717) is 0 Å². The first kappa shape index (κ1) is 34.0. The van der Waals surface area contributed by atoms with Crippen LogP contribution in [0, 0.1) is 214 Å².